The molecular weight excluding hydrogens is 410 g/mol. The van der Waals surface area contributed by atoms with Gasteiger partial charge < -0.3 is 9.50 Å². The van der Waals surface area contributed by atoms with Crippen LogP contribution in [0.25, 0.3) is 0 Å². The Morgan fingerprint density at radius 1 is 1.10 bits per heavy atom. The summed E-state index contributed by atoms with van der Waals surface area (Å²) in [7, 11) is -4.00. The summed E-state index contributed by atoms with van der Waals surface area (Å²) in [5, 5.41) is 10.8. The van der Waals surface area contributed by atoms with Crippen LogP contribution in [0.4, 0.5) is 0 Å². The molecule has 0 spiro atoms. The predicted molar refractivity (Wildman–Crippen MR) is 115 cm³/mol. The fourth-order valence-electron chi connectivity index (χ4n) is 2.47. The standard InChI is InChI=1S/C20H21N3O4S2/c1-20(2,3)15-8-10-16(11-9-15)29(25,26)27-17-7-5-4-6-14(17)12-21-23-19-22-18(24)13-28-19/h4-12H,13H2,1-3H3,(H,22,23,24)/b21-12+. The highest BCUT2D eigenvalue weighted by atomic mass is 32.2. The molecule has 1 fully saturated rings. The van der Waals surface area contributed by atoms with Crippen molar-refractivity contribution in [2.75, 3.05) is 5.75 Å². The maximum atomic E-state index is 12.7. The number of benzene rings is 2. The van der Waals surface area contributed by atoms with Gasteiger partial charge in [0.25, 0.3) is 0 Å². The predicted octanol–water partition coefficient (Wildman–Crippen LogP) is 3.30. The number of carbonyl (C=O) groups is 1. The normalized spacial score (nSPS) is 16.4. The van der Waals surface area contributed by atoms with Crippen molar-refractivity contribution < 1.29 is 17.4 Å². The Labute approximate surface area is 174 Å². The summed E-state index contributed by atoms with van der Waals surface area (Å²) >= 11 is 1.25. The van der Waals surface area contributed by atoms with E-state index in [1.807, 2.05) is 0 Å². The summed E-state index contributed by atoms with van der Waals surface area (Å²) in [6, 6.07) is 13.3. The number of amides is 1. The van der Waals surface area contributed by atoms with Gasteiger partial charge in [-0.05, 0) is 35.2 Å². The molecule has 1 heterocycles. The first kappa shape index (κ1) is 21.1. The van der Waals surface area contributed by atoms with Crippen molar-refractivity contribution in [1.29, 1.82) is 0 Å². The third-order valence-corrected chi connectivity index (χ3v) is 6.17. The Balaban J connectivity index is 1.80. The minimum Gasteiger partial charge on any atom is -0.378 e. The smallest absolute Gasteiger partial charge is 0.339 e. The summed E-state index contributed by atoms with van der Waals surface area (Å²) in [5.74, 6) is 0.316. The second-order valence-corrected chi connectivity index (χ2v) is 9.85. The zero-order valence-electron chi connectivity index (χ0n) is 16.2. The van der Waals surface area contributed by atoms with Gasteiger partial charge >= 0.3 is 10.1 Å². The number of hydrogen-bond acceptors (Lipinski definition) is 7. The van der Waals surface area contributed by atoms with E-state index in [1.54, 1.807) is 48.5 Å². The summed E-state index contributed by atoms with van der Waals surface area (Å²) in [6.45, 7) is 6.17. The van der Waals surface area contributed by atoms with E-state index in [9.17, 15) is 13.2 Å². The van der Waals surface area contributed by atoms with Gasteiger partial charge in [0.2, 0.25) is 5.91 Å². The molecule has 152 valence electrons. The molecule has 1 N–H and O–H groups in total. The van der Waals surface area contributed by atoms with Crippen LogP contribution in [0, 0.1) is 0 Å². The molecule has 0 bridgehead atoms. The summed E-state index contributed by atoms with van der Waals surface area (Å²) in [6.07, 6.45) is 1.38. The fraction of sp³-hybridized carbons (Fsp3) is 0.250. The first-order chi connectivity index (χ1) is 13.6. The van der Waals surface area contributed by atoms with Crippen molar-refractivity contribution in [3.8, 4) is 5.75 Å². The van der Waals surface area contributed by atoms with Crippen LogP contribution in [-0.4, -0.2) is 31.5 Å². The van der Waals surface area contributed by atoms with Gasteiger partial charge in [-0.25, -0.2) is 0 Å². The minimum atomic E-state index is -4.00. The molecule has 3 rings (SSSR count). The lowest BCUT2D eigenvalue weighted by Crippen LogP contribution is -2.19. The van der Waals surface area contributed by atoms with E-state index in [1.165, 1.54) is 18.0 Å². The zero-order valence-corrected chi connectivity index (χ0v) is 17.9. The first-order valence-corrected chi connectivity index (χ1v) is 11.2. The summed E-state index contributed by atoms with van der Waals surface area (Å²) in [4.78, 5) is 11.2. The second kappa shape index (κ2) is 8.38. The zero-order chi connectivity index (χ0) is 21.1. The molecule has 1 amide bonds. The molecule has 0 aliphatic carbocycles. The number of thioether (sulfide) groups is 1. The van der Waals surface area contributed by atoms with E-state index < -0.39 is 10.1 Å². The first-order valence-electron chi connectivity index (χ1n) is 8.83. The number of nitrogens with zero attached hydrogens (tertiary/aromatic N) is 2. The van der Waals surface area contributed by atoms with Gasteiger partial charge in [-0.3, -0.25) is 4.79 Å². The number of carbonyl (C=O) groups excluding carboxylic acids is 1. The van der Waals surface area contributed by atoms with E-state index >= 15 is 0 Å². The van der Waals surface area contributed by atoms with Crippen LogP contribution in [0.1, 0.15) is 31.9 Å². The van der Waals surface area contributed by atoms with Crippen LogP contribution in [0.2, 0.25) is 0 Å². The monoisotopic (exact) mass is 431 g/mol. The third-order valence-electron chi connectivity index (χ3n) is 4.06. The molecule has 2 aromatic carbocycles. The number of nitrogens with one attached hydrogen (secondary N) is 1. The summed E-state index contributed by atoms with van der Waals surface area (Å²) < 4.78 is 30.7. The molecule has 1 aliphatic heterocycles. The van der Waals surface area contributed by atoms with Gasteiger partial charge in [0.15, 0.2) is 10.9 Å². The largest absolute Gasteiger partial charge is 0.378 e. The number of rotatable bonds is 5. The molecular formula is C20H21N3O4S2. The second-order valence-electron chi connectivity index (χ2n) is 7.34. The summed E-state index contributed by atoms with van der Waals surface area (Å²) in [5.41, 5.74) is 1.39. The van der Waals surface area contributed by atoms with Crippen LogP contribution in [-0.2, 0) is 20.3 Å². The average molecular weight is 432 g/mol. The highest BCUT2D eigenvalue weighted by Gasteiger charge is 2.20. The topological polar surface area (TPSA) is 97.2 Å². The number of amidine groups is 1. The molecule has 1 saturated heterocycles. The molecule has 7 nitrogen and oxygen atoms in total. The Kier molecular flexibility index (Phi) is 6.09. The van der Waals surface area contributed by atoms with Crippen molar-refractivity contribution in [3.05, 3.63) is 59.7 Å². The molecule has 2 aromatic rings. The number of para-hydroxylation sites is 1. The van der Waals surface area contributed by atoms with Gasteiger partial charge in [0.1, 0.15) is 4.90 Å². The van der Waals surface area contributed by atoms with Crippen LogP contribution < -0.4 is 9.50 Å². The fourth-order valence-corrected chi connectivity index (χ4v) is 4.06. The van der Waals surface area contributed by atoms with E-state index in [-0.39, 0.29) is 22.0 Å². The highest BCUT2D eigenvalue weighted by molar-refractivity contribution is 8.15. The lowest BCUT2D eigenvalue weighted by atomic mass is 9.87. The Morgan fingerprint density at radius 3 is 2.41 bits per heavy atom. The maximum Gasteiger partial charge on any atom is 0.339 e. The molecule has 1 aliphatic rings. The van der Waals surface area contributed by atoms with E-state index in [4.69, 9.17) is 4.18 Å². The molecule has 0 radical (unpaired) electrons. The molecule has 0 atom stereocenters. The molecule has 9 heteroatoms. The van der Waals surface area contributed by atoms with Gasteiger partial charge in [-0.2, -0.15) is 13.5 Å². The van der Waals surface area contributed by atoms with Crippen molar-refractivity contribution in [2.45, 2.75) is 31.1 Å². The molecule has 0 saturated carbocycles. The van der Waals surface area contributed by atoms with Crippen molar-refractivity contribution >= 4 is 39.2 Å². The van der Waals surface area contributed by atoms with E-state index in [0.29, 0.717) is 16.5 Å². The van der Waals surface area contributed by atoms with E-state index in [2.05, 4.69) is 36.3 Å². The van der Waals surface area contributed by atoms with Gasteiger partial charge in [0.05, 0.1) is 12.0 Å². The van der Waals surface area contributed by atoms with Crippen molar-refractivity contribution in [1.82, 2.24) is 5.32 Å². The SMILES string of the molecule is CC(C)(C)c1ccc(S(=O)(=O)Oc2ccccc2/C=N/N=C2\NC(=O)CS2)cc1. The Hall–Kier alpha value is -2.65. The lowest BCUT2D eigenvalue weighted by molar-refractivity contribution is -0.116. The van der Waals surface area contributed by atoms with Crippen molar-refractivity contribution in [2.24, 2.45) is 10.2 Å². The number of hydrogen-bond donors (Lipinski definition) is 1. The molecule has 29 heavy (non-hydrogen) atoms. The van der Waals surface area contributed by atoms with Gasteiger partial charge in [0, 0.05) is 5.56 Å². The highest BCUT2D eigenvalue weighted by Crippen LogP contribution is 2.26. The van der Waals surface area contributed by atoms with Crippen LogP contribution in [0.15, 0.2) is 63.6 Å². The van der Waals surface area contributed by atoms with Gasteiger partial charge in [-0.1, -0.05) is 56.8 Å². The lowest BCUT2D eigenvalue weighted by Gasteiger charge is -2.19. The molecule has 0 unspecified atom stereocenters. The van der Waals surface area contributed by atoms with Crippen molar-refractivity contribution in [3.63, 3.8) is 0 Å². The van der Waals surface area contributed by atoms with Crippen LogP contribution >= 0.6 is 11.8 Å². The average Bonchev–Trinajstić information content (AvgIpc) is 3.07. The third kappa shape index (κ3) is 5.45. The maximum absolute atomic E-state index is 12.7. The Bertz CT molecular complexity index is 1070. The Morgan fingerprint density at radius 2 is 1.79 bits per heavy atom. The van der Waals surface area contributed by atoms with Crippen LogP contribution in [0.3, 0.4) is 0 Å². The quantitative estimate of drug-likeness (QED) is 0.445. The van der Waals surface area contributed by atoms with Crippen LogP contribution in [0.5, 0.6) is 5.75 Å². The minimum absolute atomic E-state index is 0.0718. The van der Waals surface area contributed by atoms with Gasteiger partial charge in [-0.15, -0.1) is 5.10 Å². The van der Waals surface area contributed by atoms with E-state index in [0.717, 1.165) is 5.56 Å². The molecule has 0 aromatic heterocycles.